The molecule has 0 bridgehead atoms. The van der Waals surface area contributed by atoms with E-state index in [1.54, 1.807) is 12.3 Å². The summed E-state index contributed by atoms with van der Waals surface area (Å²) >= 11 is 5.91. The zero-order valence-corrected chi connectivity index (χ0v) is 17.1. The van der Waals surface area contributed by atoms with Crippen molar-refractivity contribution in [2.75, 3.05) is 0 Å². The highest BCUT2D eigenvalue weighted by Crippen LogP contribution is 2.13. The molecule has 0 radical (unpaired) electrons. The molecule has 0 saturated heterocycles. The molecule has 0 atom stereocenters. The van der Waals surface area contributed by atoms with Crippen LogP contribution in [0.2, 0.25) is 5.28 Å². The van der Waals surface area contributed by atoms with Gasteiger partial charge in [0.25, 0.3) is 5.56 Å². The number of rotatable bonds is 8. The Bertz CT molecular complexity index is 1270. The molecule has 0 fully saturated rings. The molecule has 4 aromatic rings. The summed E-state index contributed by atoms with van der Waals surface area (Å²) in [7, 11) is 0. The highest BCUT2D eigenvalue weighted by molar-refractivity contribution is 6.28. The minimum atomic E-state index is -0.419. The fraction of sp³-hybridized carbons (Fsp3) is 0.368. The predicted octanol–water partition coefficient (Wildman–Crippen LogP) is 2.42. The van der Waals surface area contributed by atoms with Gasteiger partial charge in [-0.05, 0) is 43.0 Å². The van der Waals surface area contributed by atoms with Gasteiger partial charge in [0.15, 0.2) is 11.2 Å². The maximum Gasteiger partial charge on any atom is 0.332 e. The zero-order chi connectivity index (χ0) is 21.1. The summed E-state index contributed by atoms with van der Waals surface area (Å²) in [5.74, 6) is 0.924. The van der Waals surface area contributed by atoms with Gasteiger partial charge in [0.2, 0.25) is 17.0 Å². The van der Waals surface area contributed by atoms with Crippen molar-refractivity contribution >= 4 is 22.8 Å². The molecule has 30 heavy (non-hydrogen) atoms. The van der Waals surface area contributed by atoms with Gasteiger partial charge in [-0.25, -0.2) is 4.79 Å². The second-order valence-electron chi connectivity index (χ2n) is 6.80. The lowest BCUT2D eigenvalue weighted by Crippen LogP contribution is -2.40. The molecule has 1 N–H and O–H groups in total. The van der Waals surface area contributed by atoms with Crippen molar-refractivity contribution in [3.8, 4) is 11.5 Å². The number of pyridine rings is 1. The van der Waals surface area contributed by atoms with Crippen molar-refractivity contribution in [1.29, 1.82) is 0 Å². The van der Waals surface area contributed by atoms with Gasteiger partial charge in [-0.3, -0.25) is 18.9 Å². The van der Waals surface area contributed by atoms with E-state index in [-0.39, 0.29) is 23.0 Å². The van der Waals surface area contributed by atoms with Crippen molar-refractivity contribution in [2.45, 2.75) is 45.7 Å². The van der Waals surface area contributed by atoms with E-state index in [1.165, 1.54) is 9.13 Å². The van der Waals surface area contributed by atoms with Gasteiger partial charge in [-0.15, -0.1) is 0 Å². The maximum atomic E-state index is 12.8. The Hall–Kier alpha value is -3.27. The van der Waals surface area contributed by atoms with Crippen LogP contribution in [0.15, 0.2) is 38.5 Å². The third-order valence-corrected chi connectivity index (χ3v) is 4.84. The largest absolute Gasteiger partial charge is 0.339 e. The van der Waals surface area contributed by atoms with Gasteiger partial charge >= 0.3 is 5.69 Å². The number of nitrogens with zero attached hydrogens (tertiary/aromatic N) is 6. The highest BCUT2D eigenvalue weighted by atomic mass is 35.5. The number of aryl methyl sites for hydroxylation is 2. The monoisotopic (exact) mass is 429 g/mol. The summed E-state index contributed by atoms with van der Waals surface area (Å²) < 4.78 is 7.97. The van der Waals surface area contributed by atoms with Gasteiger partial charge in [0.05, 0.1) is 0 Å². The fourth-order valence-corrected chi connectivity index (χ4v) is 3.44. The Morgan fingerprint density at radius 3 is 2.77 bits per heavy atom. The van der Waals surface area contributed by atoms with Crippen molar-refractivity contribution in [2.24, 2.45) is 0 Å². The van der Waals surface area contributed by atoms with Crippen LogP contribution >= 0.6 is 11.6 Å². The lowest BCUT2D eigenvalue weighted by atomic mass is 10.2. The lowest BCUT2D eigenvalue weighted by Gasteiger charge is -2.10. The molecule has 4 aromatic heterocycles. The molecule has 156 valence electrons. The van der Waals surface area contributed by atoms with Crippen molar-refractivity contribution in [1.82, 2.24) is 34.2 Å². The van der Waals surface area contributed by atoms with Crippen LogP contribution in [0.5, 0.6) is 0 Å². The average molecular weight is 430 g/mol. The molecule has 0 unspecified atom stereocenters. The molecule has 0 aromatic carbocycles. The Labute approximate surface area is 175 Å². The summed E-state index contributed by atoms with van der Waals surface area (Å²) in [5, 5.41) is 4.03. The SMILES string of the molecule is CCCn1c(=O)n(CCCCc2nc(-c3ccccn3)no2)c(=O)c2[nH]c(Cl)nc21. The third kappa shape index (κ3) is 3.90. The van der Waals surface area contributed by atoms with Crippen LogP contribution in [-0.4, -0.2) is 34.2 Å². The van der Waals surface area contributed by atoms with E-state index in [0.29, 0.717) is 48.9 Å². The first-order valence-electron chi connectivity index (χ1n) is 9.71. The average Bonchev–Trinajstić information content (AvgIpc) is 3.38. The zero-order valence-electron chi connectivity index (χ0n) is 16.3. The third-order valence-electron chi connectivity index (χ3n) is 4.66. The number of fused-ring (bicyclic) bond motifs is 1. The second kappa shape index (κ2) is 8.62. The van der Waals surface area contributed by atoms with Gasteiger partial charge in [0.1, 0.15) is 5.69 Å². The minimum Gasteiger partial charge on any atom is -0.339 e. The number of halogens is 1. The predicted molar refractivity (Wildman–Crippen MR) is 110 cm³/mol. The number of nitrogens with one attached hydrogen (secondary N) is 1. The number of H-pyrrole nitrogens is 1. The summed E-state index contributed by atoms with van der Waals surface area (Å²) in [6.45, 7) is 2.68. The number of imidazole rings is 1. The van der Waals surface area contributed by atoms with Crippen molar-refractivity contribution in [3.05, 3.63) is 56.4 Å². The fourth-order valence-electron chi connectivity index (χ4n) is 3.26. The van der Waals surface area contributed by atoms with E-state index < -0.39 is 5.56 Å². The van der Waals surface area contributed by atoms with Gasteiger partial charge in [-0.1, -0.05) is 18.1 Å². The van der Waals surface area contributed by atoms with Crippen LogP contribution in [-0.2, 0) is 19.5 Å². The molecule has 0 spiro atoms. The molecule has 4 heterocycles. The number of aromatic amines is 1. The molecule has 0 saturated carbocycles. The summed E-state index contributed by atoms with van der Waals surface area (Å²) in [4.78, 5) is 40.9. The Morgan fingerprint density at radius 2 is 2.00 bits per heavy atom. The molecule has 0 aliphatic heterocycles. The molecule has 4 rings (SSSR count). The molecule has 0 aliphatic carbocycles. The van der Waals surface area contributed by atoms with Crippen LogP contribution < -0.4 is 11.2 Å². The minimum absolute atomic E-state index is 0.0872. The molecule has 0 amide bonds. The first-order chi connectivity index (χ1) is 14.6. The molecule has 11 heteroatoms. The Balaban J connectivity index is 1.46. The van der Waals surface area contributed by atoms with Gasteiger partial charge < -0.3 is 9.51 Å². The summed E-state index contributed by atoms with van der Waals surface area (Å²) in [5.41, 5.74) is 0.373. The normalized spacial score (nSPS) is 11.4. The van der Waals surface area contributed by atoms with Crippen LogP contribution in [0.3, 0.4) is 0 Å². The van der Waals surface area contributed by atoms with Gasteiger partial charge in [-0.2, -0.15) is 9.97 Å². The van der Waals surface area contributed by atoms with E-state index in [9.17, 15) is 9.59 Å². The van der Waals surface area contributed by atoms with Crippen LogP contribution in [0.1, 0.15) is 32.1 Å². The van der Waals surface area contributed by atoms with E-state index in [4.69, 9.17) is 16.1 Å². The first kappa shape index (κ1) is 20.0. The highest BCUT2D eigenvalue weighted by Gasteiger charge is 2.16. The van der Waals surface area contributed by atoms with Crippen molar-refractivity contribution in [3.63, 3.8) is 0 Å². The standard InChI is InChI=1S/C19H20ClN7O3/c1-2-10-26-16-14(23-18(20)24-16)17(28)27(19(26)29)11-6-4-8-13-22-15(25-30-13)12-7-3-5-9-21-12/h3,5,7,9H,2,4,6,8,10-11H2,1H3,(H,23,24). The quantitative estimate of drug-likeness (QED) is 0.337. The van der Waals surface area contributed by atoms with E-state index in [1.807, 2.05) is 19.1 Å². The molecule has 0 aliphatic rings. The van der Waals surface area contributed by atoms with E-state index in [2.05, 4.69) is 25.1 Å². The lowest BCUT2D eigenvalue weighted by molar-refractivity contribution is 0.372. The van der Waals surface area contributed by atoms with Crippen LogP contribution in [0.4, 0.5) is 0 Å². The van der Waals surface area contributed by atoms with Crippen molar-refractivity contribution < 1.29 is 4.52 Å². The summed E-state index contributed by atoms with van der Waals surface area (Å²) in [6.07, 6.45) is 4.20. The number of hydrogen-bond acceptors (Lipinski definition) is 7. The van der Waals surface area contributed by atoms with Crippen LogP contribution in [0.25, 0.3) is 22.7 Å². The van der Waals surface area contributed by atoms with E-state index >= 15 is 0 Å². The van der Waals surface area contributed by atoms with E-state index in [0.717, 1.165) is 6.42 Å². The summed E-state index contributed by atoms with van der Waals surface area (Å²) in [6, 6.07) is 5.47. The van der Waals surface area contributed by atoms with Crippen LogP contribution in [0, 0.1) is 0 Å². The smallest absolute Gasteiger partial charge is 0.332 e. The van der Waals surface area contributed by atoms with Gasteiger partial charge in [0, 0.05) is 25.7 Å². The second-order valence-corrected chi connectivity index (χ2v) is 7.16. The topological polar surface area (TPSA) is 124 Å². The number of unbranched alkanes of at least 4 members (excludes halogenated alkanes) is 1. The molecular formula is C19H20ClN7O3. The Morgan fingerprint density at radius 1 is 1.13 bits per heavy atom. The maximum absolute atomic E-state index is 12.8. The number of hydrogen-bond donors (Lipinski definition) is 1. The molecule has 10 nitrogen and oxygen atoms in total. The first-order valence-corrected chi connectivity index (χ1v) is 10.1. The molecular weight excluding hydrogens is 410 g/mol. The Kier molecular flexibility index (Phi) is 5.75. The number of aromatic nitrogens is 7.